The van der Waals surface area contributed by atoms with E-state index in [2.05, 4.69) is 10.3 Å². The number of nitrogens with two attached hydrogens (primary N) is 1. The van der Waals surface area contributed by atoms with Crippen molar-refractivity contribution >= 4 is 21.6 Å². The Labute approximate surface area is 170 Å². The Morgan fingerprint density at radius 3 is 2.45 bits per heavy atom. The monoisotopic (exact) mass is 429 g/mol. The quantitative estimate of drug-likeness (QED) is 0.753. The summed E-state index contributed by atoms with van der Waals surface area (Å²) in [6, 6.07) is 2.58. The second-order valence-electron chi connectivity index (χ2n) is 8.39. The molecule has 1 aromatic heterocycles. The first-order chi connectivity index (χ1) is 13.7. The number of hydrogen-bond acceptors (Lipinski definition) is 4. The van der Waals surface area contributed by atoms with E-state index >= 15 is 0 Å². The number of aromatic nitrogens is 1. The van der Waals surface area contributed by atoms with E-state index in [0.717, 1.165) is 44.6 Å². The molecule has 2 atom stereocenters. The average Bonchev–Trinajstić information content (AvgIpc) is 2.61. The molecule has 1 amide bonds. The lowest BCUT2D eigenvalue weighted by atomic mass is 9.67. The Kier molecular flexibility index (Phi) is 6.88. The SMILES string of the molecule is NS(=O)(=O)c1cc(NC(=O)[C@@H]2CC(F)(F)CC[C@H]2C2CCCCCCC2)ccn1. The van der Waals surface area contributed by atoms with Gasteiger partial charge in [-0.25, -0.2) is 27.3 Å². The van der Waals surface area contributed by atoms with Gasteiger partial charge >= 0.3 is 0 Å². The molecule has 0 unspecified atom stereocenters. The van der Waals surface area contributed by atoms with Crippen LogP contribution in [-0.2, 0) is 14.8 Å². The molecule has 2 aliphatic rings. The number of primary sulfonamides is 1. The van der Waals surface area contributed by atoms with Gasteiger partial charge in [-0.05, 0) is 24.3 Å². The van der Waals surface area contributed by atoms with Crippen molar-refractivity contribution in [2.45, 2.75) is 75.2 Å². The third-order valence-corrected chi connectivity index (χ3v) is 7.07. The molecule has 0 saturated heterocycles. The molecule has 0 spiro atoms. The van der Waals surface area contributed by atoms with E-state index in [9.17, 15) is 22.0 Å². The van der Waals surface area contributed by atoms with Gasteiger partial charge in [-0.2, -0.15) is 0 Å². The molecule has 9 heteroatoms. The molecule has 2 saturated carbocycles. The van der Waals surface area contributed by atoms with E-state index in [1.807, 2.05) is 0 Å². The van der Waals surface area contributed by atoms with Crippen LogP contribution in [0.15, 0.2) is 23.4 Å². The Balaban J connectivity index is 1.78. The van der Waals surface area contributed by atoms with Gasteiger partial charge < -0.3 is 5.32 Å². The molecule has 3 rings (SSSR count). The van der Waals surface area contributed by atoms with Gasteiger partial charge in [0.1, 0.15) is 0 Å². The largest absolute Gasteiger partial charge is 0.326 e. The number of amides is 1. The van der Waals surface area contributed by atoms with Crippen molar-refractivity contribution in [1.82, 2.24) is 4.98 Å². The third-order valence-electron chi connectivity index (χ3n) is 6.26. The molecule has 2 fully saturated rings. The van der Waals surface area contributed by atoms with Crippen molar-refractivity contribution in [3.8, 4) is 0 Å². The van der Waals surface area contributed by atoms with Gasteiger partial charge in [0.25, 0.3) is 10.0 Å². The number of sulfonamides is 1. The van der Waals surface area contributed by atoms with Crippen LogP contribution in [0.2, 0.25) is 0 Å². The van der Waals surface area contributed by atoms with E-state index in [4.69, 9.17) is 5.14 Å². The number of carbonyl (C=O) groups excluding carboxylic acids is 1. The number of alkyl halides is 2. The second kappa shape index (κ2) is 9.04. The van der Waals surface area contributed by atoms with Gasteiger partial charge in [-0.3, -0.25) is 4.79 Å². The van der Waals surface area contributed by atoms with Crippen LogP contribution >= 0.6 is 0 Å². The molecule has 1 heterocycles. The fraction of sp³-hybridized carbons (Fsp3) is 0.700. The molecule has 0 radical (unpaired) electrons. The van der Waals surface area contributed by atoms with Gasteiger partial charge in [-0.1, -0.05) is 44.9 Å². The van der Waals surface area contributed by atoms with E-state index in [-0.39, 0.29) is 29.0 Å². The highest BCUT2D eigenvalue weighted by Gasteiger charge is 2.46. The Morgan fingerprint density at radius 2 is 1.79 bits per heavy atom. The van der Waals surface area contributed by atoms with Crippen LogP contribution in [0.5, 0.6) is 0 Å². The maximum atomic E-state index is 14.2. The first kappa shape index (κ1) is 22.1. The smallest absolute Gasteiger partial charge is 0.255 e. The van der Waals surface area contributed by atoms with Crippen molar-refractivity contribution in [3.63, 3.8) is 0 Å². The Hall–Kier alpha value is -1.61. The van der Waals surface area contributed by atoms with Crippen LogP contribution in [0.4, 0.5) is 14.5 Å². The lowest BCUT2D eigenvalue weighted by Crippen LogP contribution is -2.42. The van der Waals surface area contributed by atoms with Crippen LogP contribution in [0, 0.1) is 17.8 Å². The zero-order valence-corrected chi connectivity index (χ0v) is 17.3. The molecule has 29 heavy (non-hydrogen) atoms. The minimum absolute atomic E-state index is 0.0766. The van der Waals surface area contributed by atoms with Crippen molar-refractivity contribution in [2.75, 3.05) is 5.32 Å². The van der Waals surface area contributed by atoms with Crippen LogP contribution in [0.1, 0.15) is 64.2 Å². The van der Waals surface area contributed by atoms with Gasteiger partial charge in [0.05, 0.1) is 0 Å². The molecular weight excluding hydrogens is 400 g/mol. The summed E-state index contributed by atoms with van der Waals surface area (Å²) in [5.74, 6) is -3.94. The number of pyridine rings is 1. The Bertz CT molecular complexity index is 824. The maximum Gasteiger partial charge on any atom is 0.255 e. The van der Waals surface area contributed by atoms with E-state index < -0.39 is 34.2 Å². The molecule has 1 aromatic rings. The predicted octanol–water partition coefficient (Wildman–Crippen LogP) is 4.08. The summed E-state index contributed by atoms with van der Waals surface area (Å²) in [7, 11) is -4.02. The molecule has 0 bridgehead atoms. The van der Waals surface area contributed by atoms with E-state index in [1.54, 1.807) is 0 Å². The molecular formula is C20H29F2N3O3S. The highest BCUT2D eigenvalue weighted by Crippen LogP contribution is 2.46. The van der Waals surface area contributed by atoms with Crippen LogP contribution in [0.25, 0.3) is 0 Å². The lowest BCUT2D eigenvalue weighted by molar-refractivity contribution is -0.134. The second-order valence-corrected chi connectivity index (χ2v) is 9.90. The summed E-state index contributed by atoms with van der Waals surface area (Å²) < 4.78 is 51.3. The summed E-state index contributed by atoms with van der Waals surface area (Å²) in [6.45, 7) is 0. The predicted molar refractivity (Wildman–Crippen MR) is 106 cm³/mol. The number of rotatable bonds is 4. The maximum absolute atomic E-state index is 14.2. The van der Waals surface area contributed by atoms with Crippen LogP contribution in [-0.4, -0.2) is 25.2 Å². The molecule has 2 aliphatic carbocycles. The summed E-state index contributed by atoms with van der Waals surface area (Å²) >= 11 is 0. The summed E-state index contributed by atoms with van der Waals surface area (Å²) in [5, 5.41) is 7.33. The number of nitrogens with one attached hydrogen (secondary N) is 1. The molecule has 0 aliphatic heterocycles. The van der Waals surface area contributed by atoms with E-state index in [0.29, 0.717) is 6.42 Å². The van der Waals surface area contributed by atoms with Crippen molar-refractivity contribution < 1.29 is 22.0 Å². The zero-order chi connectivity index (χ0) is 21.1. The minimum atomic E-state index is -4.02. The number of anilines is 1. The topological polar surface area (TPSA) is 102 Å². The van der Waals surface area contributed by atoms with Crippen molar-refractivity contribution in [2.24, 2.45) is 22.9 Å². The first-order valence-electron chi connectivity index (χ1n) is 10.3. The highest BCUT2D eigenvalue weighted by atomic mass is 32.2. The fourth-order valence-corrected chi connectivity index (χ4v) is 5.30. The first-order valence-corrected chi connectivity index (χ1v) is 11.9. The normalized spacial score (nSPS) is 26.3. The fourth-order valence-electron chi connectivity index (χ4n) is 4.80. The summed E-state index contributed by atoms with van der Waals surface area (Å²) in [5.41, 5.74) is 0.194. The zero-order valence-electron chi connectivity index (χ0n) is 16.4. The molecule has 3 N–H and O–H groups in total. The van der Waals surface area contributed by atoms with Crippen molar-refractivity contribution in [3.05, 3.63) is 18.3 Å². The molecule has 0 aromatic carbocycles. The van der Waals surface area contributed by atoms with Gasteiger partial charge in [-0.15, -0.1) is 0 Å². The number of nitrogens with zero attached hydrogens (tertiary/aromatic N) is 1. The minimum Gasteiger partial charge on any atom is -0.326 e. The average molecular weight is 430 g/mol. The van der Waals surface area contributed by atoms with Crippen LogP contribution in [0.3, 0.4) is 0 Å². The molecule has 6 nitrogen and oxygen atoms in total. The number of hydrogen-bond donors (Lipinski definition) is 2. The summed E-state index contributed by atoms with van der Waals surface area (Å²) in [6.07, 6.45) is 8.56. The van der Waals surface area contributed by atoms with Gasteiger partial charge in [0.15, 0.2) is 5.03 Å². The van der Waals surface area contributed by atoms with E-state index in [1.165, 1.54) is 18.7 Å². The lowest BCUT2D eigenvalue weighted by Gasteiger charge is -2.40. The summed E-state index contributed by atoms with van der Waals surface area (Å²) in [4.78, 5) is 16.7. The molecule has 162 valence electrons. The van der Waals surface area contributed by atoms with Gasteiger partial charge in [0, 0.05) is 36.7 Å². The number of halogens is 2. The standard InChI is InChI=1S/C20H29F2N3O3S/c21-20(22)10-8-16(14-6-4-2-1-3-5-7-14)17(13-20)19(26)25-15-9-11-24-18(12-15)29(23,27)28/h9,11-12,14,16-17H,1-8,10,13H2,(H2,23,27,28)(H,24,25,26)/t16-,17+/m0/s1. The number of carbonyl (C=O) groups is 1. The van der Waals surface area contributed by atoms with Gasteiger partial charge in [0.2, 0.25) is 11.8 Å². The third kappa shape index (κ3) is 5.94. The Morgan fingerprint density at radius 1 is 1.14 bits per heavy atom. The van der Waals surface area contributed by atoms with Crippen LogP contribution < -0.4 is 10.5 Å². The van der Waals surface area contributed by atoms with Crippen molar-refractivity contribution in [1.29, 1.82) is 0 Å². The highest BCUT2D eigenvalue weighted by molar-refractivity contribution is 7.89.